The van der Waals surface area contributed by atoms with E-state index in [0.29, 0.717) is 28.1 Å². The van der Waals surface area contributed by atoms with Crippen LogP contribution in [0, 0.1) is 10.8 Å². The third kappa shape index (κ3) is 49.8. The quantitative estimate of drug-likeness (QED) is 0.0141. The van der Waals surface area contributed by atoms with Crippen LogP contribution in [0.1, 0.15) is 428 Å². The molecule has 656 valence electrons. The van der Waals surface area contributed by atoms with Crippen LogP contribution in [0.5, 0.6) is 0 Å². The van der Waals surface area contributed by atoms with Crippen molar-refractivity contribution in [3.8, 4) is 0 Å². The number of carbonyl (C=O) groups is 2. The number of unbranched alkanes of at least 4 members (excludes halogenated alkanes) is 37. The molecular weight excluding hydrogens is 1560 g/mol. The van der Waals surface area contributed by atoms with Crippen LogP contribution in [-0.2, 0) is 18.4 Å². The molecule has 2 aliphatic carbocycles. The molecule has 2 saturated carbocycles. The fourth-order valence-electron chi connectivity index (χ4n) is 17.3. The number of hydrogen-bond donors (Lipinski definition) is 0. The van der Waals surface area contributed by atoms with Gasteiger partial charge in [-0.25, -0.2) is 0 Å². The van der Waals surface area contributed by atoms with Crippen molar-refractivity contribution >= 4 is 52.4 Å². The zero-order valence-electron chi connectivity index (χ0n) is 77.7. The minimum Gasteiger partial charge on any atom is -1.00 e. The minimum absolute atomic E-state index is 0. The van der Waals surface area contributed by atoms with Crippen LogP contribution < -0.4 is 39.9 Å². The van der Waals surface area contributed by atoms with Gasteiger partial charge in [0.25, 0.3) is 0 Å². The zero-order valence-corrected chi connectivity index (χ0v) is 82.8. The van der Waals surface area contributed by atoms with Gasteiger partial charge >= 0.3 is 0 Å². The topological polar surface area (TPSA) is 52.6 Å². The Morgan fingerprint density at radius 1 is 0.330 bits per heavy atom. The summed E-state index contributed by atoms with van der Waals surface area (Å²) in [6.45, 7) is 30.9. The molecule has 5 rings (SSSR count). The zero-order chi connectivity index (χ0) is 82.9. The van der Waals surface area contributed by atoms with Gasteiger partial charge in [-0.2, -0.15) is 0 Å². The van der Waals surface area contributed by atoms with Gasteiger partial charge in [-0.05, 0) is 238 Å². The smallest absolute Gasteiger partial charge is 0.192 e. The second-order valence-corrected chi connectivity index (χ2v) is 51.6. The lowest BCUT2D eigenvalue weighted by Crippen LogP contribution is -3.00. The van der Waals surface area contributed by atoms with E-state index in [4.69, 9.17) is 8.85 Å². The van der Waals surface area contributed by atoms with Crippen LogP contribution in [0.2, 0.25) is 36.3 Å². The van der Waals surface area contributed by atoms with E-state index in [-0.39, 0.29) is 29.0 Å². The van der Waals surface area contributed by atoms with E-state index in [1.165, 1.54) is 343 Å². The Bertz CT molecular complexity index is 2710. The maximum atomic E-state index is 10.4. The average Bonchev–Trinajstić information content (AvgIpc) is 1.64. The second-order valence-electron chi connectivity index (χ2n) is 38.5. The van der Waals surface area contributed by atoms with E-state index in [2.05, 4.69) is 240 Å². The standard InChI is InChI=1S/C49H92OSi.C31H60O3Si.C27H32P.HI/c1-8-10-12-14-16-18-20-22-24-26-28-30-32-34-36-38-40-43-49(45-42-47(46-49)50-51(6,7)48(3,4)5)44-41-39-37-35-33-31-29-27-25-23-21-19-17-15-13-11-9-2;1-30(2,3)35(4,5)34-29-22-25-31(28-29,23-18-14-10-6-8-12-16-20-26-32)24-19-15-11-7-9-13-17-21-27-33;1-2-3-4-5-6-7-17-24-28(25-18-11-8-12-19-25,26-20-13-9-14-21-26)27-22-15-10-16-23-27;/h16-19,22-25,47H,8-15,20-21,26-46H2,1-7H3;26-27,29H,6-25,28H2,1-5H3;6-16,18-23H,2-5,17,24H2,1H3;1H/q;;+1;/p-1/b18-16-,19-17-,24-22-,25-23-;;7-6-;. The predicted octanol–water partition coefficient (Wildman–Crippen LogP) is 31.2. The van der Waals surface area contributed by atoms with Gasteiger partial charge in [0, 0.05) is 31.5 Å². The molecule has 3 aromatic rings. The molecule has 0 saturated heterocycles. The molecule has 0 spiro atoms. The molecule has 3 aromatic carbocycles. The van der Waals surface area contributed by atoms with Crippen molar-refractivity contribution in [1.29, 1.82) is 0 Å². The number of rotatable bonds is 66. The van der Waals surface area contributed by atoms with Crippen molar-refractivity contribution in [3.63, 3.8) is 0 Å². The Morgan fingerprint density at radius 3 is 0.826 bits per heavy atom. The summed E-state index contributed by atoms with van der Waals surface area (Å²) >= 11 is 0. The fourth-order valence-corrected chi connectivity index (χ4v) is 24.3. The number of aldehydes is 2. The normalized spacial score (nSPS) is 15.9. The molecule has 2 fully saturated rings. The van der Waals surface area contributed by atoms with Gasteiger partial charge in [-0.1, -0.05) is 370 Å². The molecule has 4 nitrogen and oxygen atoms in total. The minimum atomic E-state index is -1.70. The Balaban J connectivity index is 0.000000611. The highest BCUT2D eigenvalue weighted by Crippen LogP contribution is 2.56. The van der Waals surface area contributed by atoms with Crippen molar-refractivity contribution in [2.75, 3.05) is 6.16 Å². The molecule has 0 aromatic heterocycles. The van der Waals surface area contributed by atoms with E-state index < -0.39 is 23.9 Å². The van der Waals surface area contributed by atoms with E-state index in [9.17, 15) is 9.59 Å². The van der Waals surface area contributed by atoms with Crippen molar-refractivity contribution in [2.24, 2.45) is 10.8 Å². The highest BCUT2D eigenvalue weighted by atomic mass is 127. The summed E-state index contributed by atoms with van der Waals surface area (Å²) in [5, 5.41) is 5.03. The Hall–Kier alpha value is -2.79. The summed E-state index contributed by atoms with van der Waals surface area (Å²) in [5.41, 5.74) is 1.07. The Kier molecular flexibility index (Phi) is 63.8. The van der Waals surface area contributed by atoms with Crippen LogP contribution >= 0.6 is 7.26 Å². The Labute approximate surface area is 734 Å². The van der Waals surface area contributed by atoms with Gasteiger partial charge in [0.05, 0.1) is 6.16 Å². The van der Waals surface area contributed by atoms with E-state index in [1.54, 1.807) is 0 Å². The number of hydrogen-bond acceptors (Lipinski definition) is 4. The fraction of sp³-hybridized carbons (Fsp3) is 0.720. The lowest BCUT2D eigenvalue weighted by Gasteiger charge is -2.39. The maximum Gasteiger partial charge on any atom is 0.192 e. The predicted molar refractivity (Wildman–Crippen MR) is 517 cm³/mol. The SMILES string of the molecule is CC(C)(C)[Si](C)(C)OC1CCC(CCCCCCCCCC=O)(CCCCCCCCCC=O)C1.CCCCC/C=C\C/C=C\CCCCCCCCCC1(CCCCCCCCC/C=C\C/C=C\CCCCC)CCC(O[Si](C)(C)C(C)(C)C)C1.CCCCC/C=C\CC[P+](c1ccccc1)(c1ccccc1)c1ccccc1.[I-]. The molecule has 0 heterocycles. The first-order chi connectivity index (χ1) is 55.2. The molecule has 2 unspecified atom stereocenters. The number of benzene rings is 3. The van der Waals surface area contributed by atoms with Gasteiger partial charge in [0.15, 0.2) is 16.6 Å². The van der Waals surface area contributed by atoms with Crippen LogP contribution in [0.3, 0.4) is 0 Å². The second kappa shape index (κ2) is 67.7. The monoisotopic (exact) mass is 1750 g/mol. The van der Waals surface area contributed by atoms with Crippen LogP contribution in [0.4, 0.5) is 0 Å². The lowest BCUT2D eigenvalue weighted by molar-refractivity contribution is -0.108. The molecule has 115 heavy (non-hydrogen) atoms. The molecule has 2 atom stereocenters. The van der Waals surface area contributed by atoms with Crippen molar-refractivity contribution in [2.45, 2.75) is 477 Å². The molecule has 0 aliphatic heterocycles. The molecule has 8 heteroatoms. The summed E-state index contributed by atoms with van der Waals surface area (Å²) in [5.74, 6) is 0. The molecule has 0 N–H and O–H groups in total. The summed E-state index contributed by atoms with van der Waals surface area (Å²) in [7, 11) is -5.07. The van der Waals surface area contributed by atoms with Crippen LogP contribution in [-0.4, -0.2) is 47.6 Å². The third-order valence-electron chi connectivity index (χ3n) is 26.6. The number of allylic oxidation sites excluding steroid dienone is 10. The van der Waals surface area contributed by atoms with E-state index in [0.717, 1.165) is 57.5 Å². The molecular formula is C107H184IO4PSi2. The van der Waals surface area contributed by atoms with E-state index in [1.807, 2.05) is 0 Å². The highest BCUT2D eigenvalue weighted by molar-refractivity contribution is 7.95. The maximum absolute atomic E-state index is 10.4. The van der Waals surface area contributed by atoms with E-state index >= 15 is 0 Å². The summed E-state index contributed by atoms with van der Waals surface area (Å²) in [6, 6.07) is 33.5. The third-order valence-corrected chi connectivity index (χ3v) is 40.1. The summed E-state index contributed by atoms with van der Waals surface area (Å²) in [6.07, 6.45) is 103. The van der Waals surface area contributed by atoms with Crippen LogP contribution in [0.25, 0.3) is 0 Å². The molecule has 0 radical (unpaired) electrons. The van der Waals surface area contributed by atoms with Gasteiger partial charge in [-0.3, -0.25) is 0 Å². The van der Waals surface area contributed by atoms with Gasteiger partial charge in [0.1, 0.15) is 35.7 Å². The van der Waals surface area contributed by atoms with Gasteiger partial charge in [-0.15, -0.1) is 0 Å². The Morgan fingerprint density at radius 2 is 0.565 bits per heavy atom. The van der Waals surface area contributed by atoms with Crippen molar-refractivity contribution in [1.82, 2.24) is 0 Å². The average molecular weight is 1750 g/mol. The van der Waals surface area contributed by atoms with Crippen molar-refractivity contribution < 1.29 is 42.4 Å². The highest BCUT2D eigenvalue weighted by Gasteiger charge is 2.47. The molecule has 0 amide bonds. The van der Waals surface area contributed by atoms with Gasteiger partial charge < -0.3 is 42.4 Å². The first-order valence-electron chi connectivity index (χ1n) is 48.7. The van der Waals surface area contributed by atoms with Crippen molar-refractivity contribution in [3.05, 3.63) is 152 Å². The lowest BCUT2D eigenvalue weighted by atomic mass is 9.76. The number of carbonyl (C=O) groups excluding carboxylic acids is 2. The first kappa shape index (κ1) is 108. The van der Waals surface area contributed by atoms with Gasteiger partial charge in [0.2, 0.25) is 0 Å². The summed E-state index contributed by atoms with van der Waals surface area (Å²) in [4.78, 5) is 20.9. The largest absolute Gasteiger partial charge is 1.00 e. The molecule has 0 bridgehead atoms. The first-order valence-corrected chi connectivity index (χ1v) is 56.5. The summed E-state index contributed by atoms with van der Waals surface area (Å²) < 4.78 is 13.9. The number of halogens is 1. The molecule has 2 aliphatic rings. The van der Waals surface area contributed by atoms with Crippen LogP contribution in [0.15, 0.2) is 152 Å².